The molecule has 0 spiro atoms. The molecule has 3 N–H and O–H groups in total. The molecule has 0 aromatic heterocycles. The van der Waals surface area contributed by atoms with Crippen molar-refractivity contribution in [3.05, 3.63) is 53.8 Å². The van der Waals surface area contributed by atoms with Gasteiger partial charge < -0.3 is 20.5 Å². The highest BCUT2D eigenvalue weighted by atomic mass is 19.1. The molecule has 1 unspecified atom stereocenters. The third kappa shape index (κ3) is 4.60. The molecule has 0 bridgehead atoms. The third-order valence-corrected chi connectivity index (χ3v) is 3.26. The number of halogens is 1. The lowest BCUT2D eigenvalue weighted by Crippen LogP contribution is -2.32. The van der Waals surface area contributed by atoms with Crippen LogP contribution in [0.2, 0.25) is 0 Å². The van der Waals surface area contributed by atoms with Gasteiger partial charge in [0.1, 0.15) is 30.0 Å². The van der Waals surface area contributed by atoms with Crippen LogP contribution in [0.25, 0.3) is 0 Å². The molecule has 23 heavy (non-hydrogen) atoms. The van der Waals surface area contributed by atoms with Crippen LogP contribution in [0.4, 0.5) is 10.1 Å². The van der Waals surface area contributed by atoms with E-state index in [4.69, 9.17) is 15.2 Å². The van der Waals surface area contributed by atoms with Gasteiger partial charge in [-0.15, -0.1) is 0 Å². The van der Waals surface area contributed by atoms with E-state index in [1.54, 1.807) is 38.3 Å². The molecule has 122 valence electrons. The van der Waals surface area contributed by atoms with Crippen LogP contribution in [0, 0.1) is 5.82 Å². The van der Waals surface area contributed by atoms with Crippen molar-refractivity contribution in [2.45, 2.75) is 19.6 Å². The van der Waals surface area contributed by atoms with Gasteiger partial charge in [0.25, 0.3) is 0 Å². The monoisotopic (exact) mass is 318 g/mol. The van der Waals surface area contributed by atoms with Crippen LogP contribution in [0.5, 0.6) is 11.5 Å². The Balaban J connectivity index is 2.12. The van der Waals surface area contributed by atoms with Gasteiger partial charge in [-0.2, -0.15) is 0 Å². The van der Waals surface area contributed by atoms with Gasteiger partial charge in [-0.25, -0.2) is 4.39 Å². The van der Waals surface area contributed by atoms with E-state index in [0.29, 0.717) is 17.2 Å². The second-order valence-electron chi connectivity index (χ2n) is 5.05. The summed E-state index contributed by atoms with van der Waals surface area (Å²) < 4.78 is 23.9. The molecule has 0 heterocycles. The topological polar surface area (TPSA) is 73.6 Å². The number of nitrogens with one attached hydrogen (secondary N) is 1. The van der Waals surface area contributed by atoms with Crippen molar-refractivity contribution in [3.63, 3.8) is 0 Å². The molecular weight excluding hydrogens is 299 g/mol. The van der Waals surface area contributed by atoms with E-state index in [1.807, 2.05) is 6.07 Å². The van der Waals surface area contributed by atoms with E-state index in [2.05, 4.69) is 5.32 Å². The van der Waals surface area contributed by atoms with Gasteiger partial charge in [0, 0.05) is 6.07 Å². The fraction of sp³-hybridized carbons (Fsp3) is 0.235. The Morgan fingerprint density at radius 3 is 2.74 bits per heavy atom. The summed E-state index contributed by atoms with van der Waals surface area (Å²) in [6.07, 6.45) is 0. The van der Waals surface area contributed by atoms with E-state index in [9.17, 15) is 9.18 Å². The maximum Gasteiger partial charge on any atom is 0.239 e. The molecule has 0 aliphatic heterocycles. The van der Waals surface area contributed by atoms with Crippen molar-refractivity contribution in [3.8, 4) is 11.5 Å². The zero-order valence-electron chi connectivity index (χ0n) is 13.0. The van der Waals surface area contributed by atoms with Gasteiger partial charge in [0.2, 0.25) is 5.91 Å². The zero-order valence-corrected chi connectivity index (χ0v) is 13.0. The van der Waals surface area contributed by atoms with Crippen molar-refractivity contribution < 1.29 is 18.7 Å². The molecule has 0 aliphatic rings. The summed E-state index contributed by atoms with van der Waals surface area (Å²) in [6, 6.07) is 10.8. The first-order valence-corrected chi connectivity index (χ1v) is 7.10. The molecule has 5 nitrogen and oxygen atoms in total. The highest BCUT2D eigenvalue weighted by Gasteiger charge is 2.12. The van der Waals surface area contributed by atoms with Crippen LogP contribution >= 0.6 is 0 Å². The highest BCUT2D eigenvalue weighted by molar-refractivity contribution is 5.83. The molecule has 6 heteroatoms. The quantitative estimate of drug-likeness (QED) is 0.823. The molecule has 0 radical (unpaired) electrons. The van der Waals surface area contributed by atoms with Crippen LogP contribution in [-0.2, 0) is 11.4 Å². The Hall–Kier alpha value is -2.76. The van der Waals surface area contributed by atoms with Crippen LogP contribution in [0.15, 0.2) is 42.5 Å². The summed E-state index contributed by atoms with van der Waals surface area (Å²) in [5.41, 5.74) is 6.74. The van der Waals surface area contributed by atoms with E-state index >= 15 is 0 Å². The van der Waals surface area contributed by atoms with Crippen LogP contribution in [0.1, 0.15) is 12.5 Å². The minimum absolute atomic E-state index is 0.257. The Morgan fingerprint density at radius 1 is 1.30 bits per heavy atom. The summed E-state index contributed by atoms with van der Waals surface area (Å²) in [5, 5.41) is 2.99. The Morgan fingerprint density at radius 2 is 2.09 bits per heavy atom. The molecule has 2 rings (SSSR count). The number of carbonyl (C=O) groups is 1. The normalized spacial score (nSPS) is 11.6. The van der Waals surface area contributed by atoms with Gasteiger partial charge >= 0.3 is 0 Å². The summed E-state index contributed by atoms with van der Waals surface area (Å²) in [6.45, 7) is 1.92. The maximum absolute atomic E-state index is 13.1. The first-order chi connectivity index (χ1) is 11.0. The van der Waals surface area contributed by atoms with Crippen LogP contribution < -0.4 is 20.5 Å². The van der Waals surface area contributed by atoms with E-state index in [1.165, 1.54) is 12.1 Å². The Bertz CT molecular complexity index is 691. The predicted molar refractivity (Wildman–Crippen MR) is 86.0 cm³/mol. The maximum atomic E-state index is 13.1. The minimum Gasteiger partial charge on any atom is -0.495 e. The fourth-order valence-corrected chi connectivity index (χ4v) is 1.99. The van der Waals surface area contributed by atoms with Crippen LogP contribution in [-0.4, -0.2) is 19.1 Å². The first-order valence-electron chi connectivity index (χ1n) is 7.10. The average Bonchev–Trinajstić information content (AvgIpc) is 2.53. The second-order valence-corrected chi connectivity index (χ2v) is 5.05. The number of benzene rings is 2. The van der Waals surface area contributed by atoms with Gasteiger partial charge in [0.15, 0.2) is 0 Å². The standard InChI is InChI=1S/C17H19FN2O3/c1-11(17(19)21)20-15-8-12(6-7-16(15)22-2)10-23-14-5-3-4-13(18)9-14/h3-9,11,20H,10H2,1-2H3,(H2,19,21). The number of hydrogen-bond donors (Lipinski definition) is 2. The zero-order chi connectivity index (χ0) is 16.8. The number of amides is 1. The summed E-state index contributed by atoms with van der Waals surface area (Å²) in [4.78, 5) is 11.2. The summed E-state index contributed by atoms with van der Waals surface area (Å²) in [5.74, 6) is 0.219. The molecule has 1 amide bonds. The molecule has 2 aromatic carbocycles. The summed E-state index contributed by atoms with van der Waals surface area (Å²) in [7, 11) is 1.54. The number of ether oxygens (including phenoxy) is 2. The molecule has 2 aromatic rings. The first kappa shape index (κ1) is 16.6. The second kappa shape index (κ2) is 7.49. The van der Waals surface area contributed by atoms with E-state index in [0.717, 1.165) is 5.56 Å². The number of carbonyl (C=O) groups excluding carboxylic acids is 1. The SMILES string of the molecule is COc1ccc(COc2cccc(F)c2)cc1NC(C)C(N)=O. The van der Waals surface area contributed by atoms with Gasteiger partial charge in [-0.3, -0.25) is 4.79 Å². The lowest BCUT2D eigenvalue weighted by molar-refractivity contribution is -0.118. The largest absolute Gasteiger partial charge is 0.495 e. The molecule has 0 saturated carbocycles. The predicted octanol–water partition coefficient (Wildman–Crippen LogP) is 2.70. The third-order valence-electron chi connectivity index (χ3n) is 3.26. The van der Waals surface area contributed by atoms with Crippen molar-refractivity contribution >= 4 is 11.6 Å². The van der Waals surface area contributed by atoms with E-state index < -0.39 is 11.9 Å². The van der Waals surface area contributed by atoms with Gasteiger partial charge in [-0.05, 0) is 36.8 Å². The van der Waals surface area contributed by atoms with Crippen molar-refractivity contribution in [1.29, 1.82) is 0 Å². The van der Waals surface area contributed by atoms with Crippen molar-refractivity contribution in [2.24, 2.45) is 5.73 Å². The Labute approximate surface area is 134 Å². The summed E-state index contributed by atoms with van der Waals surface area (Å²) >= 11 is 0. The molecule has 1 atom stereocenters. The number of nitrogens with two attached hydrogens (primary N) is 1. The van der Waals surface area contributed by atoms with Crippen LogP contribution in [0.3, 0.4) is 0 Å². The van der Waals surface area contributed by atoms with Crippen molar-refractivity contribution in [2.75, 3.05) is 12.4 Å². The number of hydrogen-bond acceptors (Lipinski definition) is 4. The minimum atomic E-state index is -0.539. The van der Waals surface area contributed by atoms with Gasteiger partial charge in [0.05, 0.1) is 12.8 Å². The fourth-order valence-electron chi connectivity index (χ4n) is 1.99. The lowest BCUT2D eigenvalue weighted by atomic mass is 10.1. The average molecular weight is 318 g/mol. The lowest BCUT2D eigenvalue weighted by Gasteiger charge is -2.16. The van der Waals surface area contributed by atoms with Crippen molar-refractivity contribution in [1.82, 2.24) is 0 Å². The number of rotatable bonds is 7. The molecule has 0 saturated heterocycles. The molecule has 0 aliphatic carbocycles. The van der Waals surface area contributed by atoms with E-state index in [-0.39, 0.29) is 12.4 Å². The number of primary amides is 1. The molecule has 0 fully saturated rings. The van der Waals surface area contributed by atoms with Gasteiger partial charge in [-0.1, -0.05) is 12.1 Å². The number of anilines is 1. The number of methoxy groups -OCH3 is 1. The Kier molecular flexibility index (Phi) is 5.41. The molecular formula is C17H19FN2O3. The smallest absolute Gasteiger partial charge is 0.239 e. The highest BCUT2D eigenvalue weighted by Crippen LogP contribution is 2.27.